The van der Waals surface area contributed by atoms with Gasteiger partial charge in [-0.05, 0) is 32.4 Å². The quantitative estimate of drug-likeness (QED) is 0.562. The lowest BCUT2D eigenvalue weighted by atomic mass is 10.2. The molecule has 0 unspecified atom stereocenters. The summed E-state index contributed by atoms with van der Waals surface area (Å²) in [4.78, 5) is 13.8. The molecule has 1 fully saturated rings. The predicted molar refractivity (Wildman–Crippen MR) is 90.6 cm³/mol. The highest BCUT2D eigenvalue weighted by molar-refractivity contribution is 6.33. The molecule has 0 N–H and O–H groups in total. The van der Waals surface area contributed by atoms with Crippen molar-refractivity contribution in [3.05, 3.63) is 58.7 Å². The van der Waals surface area contributed by atoms with Crippen LogP contribution in [0, 0.1) is 13.8 Å². The van der Waals surface area contributed by atoms with Gasteiger partial charge in [0.2, 0.25) is 0 Å². The largest absolute Gasteiger partial charge is 0.306 e. The number of hydrogen-bond acceptors (Lipinski definition) is 4. The number of aryl methyl sites for hydroxylation is 2. The minimum atomic E-state index is 0.312. The molecule has 0 saturated heterocycles. The van der Waals surface area contributed by atoms with Crippen LogP contribution in [0.15, 0.2) is 30.7 Å². The number of fused-ring (bicyclic) bond motifs is 2. The van der Waals surface area contributed by atoms with Crippen LogP contribution in [0.1, 0.15) is 41.2 Å². The average molecular weight is 339 g/mol. The van der Waals surface area contributed by atoms with E-state index in [4.69, 9.17) is 21.6 Å². The summed E-state index contributed by atoms with van der Waals surface area (Å²) >= 11 is 6.22. The van der Waals surface area contributed by atoms with E-state index in [1.807, 2.05) is 47.3 Å². The van der Waals surface area contributed by atoms with Gasteiger partial charge >= 0.3 is 0 Å². The van der Waals surface area contributed by atoms with E-state index in [2.05, 4.69) is 16.3 Å². The first kappa shape index (κ1) is 13.9. The molecule has 0 spiro atoms. The van der Waals surface area contributed by atoms with E-state index in [9.17, 15) is 0 Å². The molecular formula is C17H15ClN6. The third kappa shape index (κ3) is 1.96. The molecule has 0 radical (unpaired) electrons. The molecule has 24 heavy (non-hydrogen) atoms. The van der Waals surface area contributed by atoms with Crippen molar-refractivity contribution in [3.8, 4) is 0 Å². The van der Waals surface area contributed by atoms with E-state index in [0.29, 0.717) is 16.9 Å². The van der Waals surface area contributed by atoms with Gasteiger partial charge in [-0.2, -0.15) is 5.10 Å². The van der Waals surface area contributed by atoms with E-state index in [0.717, 1.165) is 40.6 Å². The van der Waals surface area contributed by atoms with Crippen LogP contribution in [0.25, 0.3) is 11.3 Å². The molecule has 5 rings (SSSR count). The molecule has 6 nitrogen and oxygen atoms in total. The average Bonchev–Trinajstić information content (AvgIpc) is 3.04. The minimum absolute atomic E-state index is 0.312. The number of pyridine rings is 1. The van der Waals surface area contributed by atoms with E-state index in [1.165, 1.54) is 0 Å². The molecule has 0 amide bonds. The third-order valence-electron chi connectivity index (χ3n) is 4.68. The van der Waals surface area contributed by atoms with Gasteiger partial charge in [0.05, 0.1) is 22.1 Å². The third-order valence-corrected chi connectivity index (χ3v) is 4.98. The number of nitrogens with zero attached hydrogens (tertiary/aromatic N) is 6. The number of rotatable bonds is 2. The second-order valence-electron chi connectivity index (χ2n) is 6.39. The van der Waals surface area contributed by atoms with Crippen LogP contribution in [0.2, 0.25) is 5.02 Å². The molecule has 0 aromatic carbocycles. The van der Waals surface area contributed by atoms with Crippen LogP contribution >= 0.6 is 11.6 Å². The predicted octanol–water partition coefficient (Wildman–Crippen LogP) is 3.31. The summed E-state index contributed by atoms with van der Waals surface area (Å²) in [7, 11) is 0. The van der Waals surface area contributed by atoms with Gasteiger partial charge in [-0.3, -0.25) is 4.98 Å². The van der Waals surface area contributed by atoms with Crippen molar-refractivity contribution >= 4 is 22.9 Å². The Hall–Kier alpha value is -2.47. The van der Waals surface area contributed by atoms with Crippen molar-refractivity contribution in [2.75, 3.05) is 0 Å². The zero-order chi connectivity index (χ0) is 16.4. The highest BCUT2D eigenvalue weighted by Crippen LogP contribution is 2.53. The van der Waals surface area contributed by atoms with Gasteiger partial charge in [0.25, 0.3) is 0 Å². The number of aromatic nitrogens is 6. The first-order chi connectivity index (χ1) is 11.6. The van der Waals surface area contributed by atoms with Crippen LogP contribution in [0.3, 0.4) is 0 Å². The maximum absolute atomic E-state index is 6.22. The van der Waals surface area contributed by atoms with E-state index >= 15 is 0 Å². The van der Waals surface area contributed by atoms with E-state index in [1.54, 1.807) is 0 Å². The summed E-state index contributed by atoms with van der Waals surface area (Å²) in [5.74, 6) is 1.54. The van der Waals surface area contributed by atoms with Crippen LogP contribution in [-0.2, 0) is 0 Å². The molecule has 1 aliphatic rings. The summed E-state index contributed by atoms with van der Waals surface area (Å²) in [6.07, 6.45) is 6.87. The number of imidazole rings is 1. The molecular weight excluding hydrogens is 324 g/mol. The number of hydrogen-bond donors (Lipinski definition) is 0. The van der Waals surface area contributed by atoms with Crippen molar-refractivity contribution in [2.45, 2.75) is 32.1 Å². The van der Waals surface area contributed by atoms with Crippen molar-refractivity contribution in [2.24, 2.45) is 0 Å². The lowest BCUT2D eigenvalue weighted by molar-refractivity contribution is 0.829. The molecule has 0 aliphatic heterocycles. The normalized spacial score (nSPS) is 20.1. The van der Waals surface area contributed by atoms with Gasteiger partial charge in [-0.25, -0.2) is 14.5 Å². The first-order valence-electron chi connectivity index (χ1n) is 7.94. The van der Waals surface area contributed by atoms with Crippen LogP contribution in [0.5, 0.6) is 0 Å². The summed E-state index contributed by atoms with van der Waals surface area (Å²) in [6.45, 7) is 3.95. The lowest BCUT2D eigenvalue weighted by Crippen LogP contribution is -1.97. The van der Waals surface area contributed by atoms with Gasteiger partial charge < -0.3 is 4.40 Å². The Balaban J connectivity index is 1.52. The van der Waals surface area contributed by atoms with Crippen molar-refractivity contribution in [3.63, 3.8) is 0 Å². The van der Waals surface area contributed by atoms with Crippen LogP contribution in [-0.4, -0.2) is 29.0 Å². The summed E-state index contributed by atoms with van der Waals surface area (Å²) in [6, 6.07) is 3.79. The second kappa shape index (κ2) is 4.77. The van der Waals surface area contributed by atoms with Gasteiger partial charge in [0.15, 0.2) is 17.1 Å². The molecule has 4 heterocycles. The van der Waals surface area contributed by atoms with Crippen LogP contribution < -0.4 is 0 Å². The molecule has 7 heteroatoms. The van der Waals surface area contributed by atoms with Gasteiger partial charge in [0, 0.05) is 30.4 Å². The zero-order valence-corrected chi connectivity index (χ0v) is 14.1. The summed E-state index contributed by atoms with van der Waals surface area (Å²) < 4.78 is 3.86. The lowest BCUT2D eigenvalue weighted by Gasteiger charge is -1.97. The smallest absolute Gasteiger partial charge is 0.177 e. The maximum Gasteiger partial charge on any atom is 0.177 e. The standard InChI is InChI=1S/C17H15ClN6/c1-9-7-19-10(2)16-21-15(22-24(9)16)12-6-11(12)14-8-23-5-3-4-13(18)17(23)20-14/h3-5,7-8,11-12H,6H2,1-2H3/t11-,12-/m1/s1. The summed E-state index contributed by atoms with van der Waals surface area (Å²) in [5.41, 5.74) is 4.59. The Labute approximate surface area is 143 Å². The van der Waals surface area contributed by atoms with Gasteiger partial charge in [0.1, 0.15) is 0 Å². The first-order valence-corrected chi connectivity index (χ1v) is 8.31. The number of halogens is 1. The molecule has 4 aromatic rings. The highest BCUT2D eigenvalue weighted by Gasteiger charge is 2.44. The second-order valence-corrected chi connectivity index (χ2v) is 6.80. The molecule has 0 bridgehead atoms. The van der Waals surface area contributed by atoms with Crippen molar-refractivity contribution in [1.29, 1.82) is 0 Å². The molecule has 1 aliphatic carbocycles. The SMILES string of the molecule is Cc1ncc(C)n2nc([C@@H]3C[C@H]3c3cn4cccc(Cl)c4n3)nc12. The Kier molecular flexibility index (Phi) is 2.77. The Morgan fingerprint density at radius 2 is 2.04 bits per heavy atom. The molecule has 2 atom stereocenters. The summed E-state index contributed by atoms with van der Waals surface area (Å²) in [5, 5.41) is 5.36. The highest BCUT2D eigenvalue weighted by atomic mass is 35.5. The topological polar surface area (TPSA) is 60.4 Å². The Morgan fingerprint density at radius 3 is 2.83 bits per heavy atom. The zero-order valence-electron chi connectivity index (χ0n) is 13.3. The van der Waals surface area contributed by atoms with E-state index in [-0.39, 0.29) is 0 Å². The van der Waals surface area contributed by atoms with Crippen LogP contribution in [0.4, 0.5) is 0 Å². The Bertz CT molecular complexity index is 1060. The van der Waals surface area contributed by atoms with Crippen molar-refractivity contribution < 1.29 is 0 Å². The Morgan fingerprint density at radius 1 is 1.17 bits per heavy atom. The fraction of sp³-hybridized carbons (Fsp3) is 0.294. The fourth-order valence-corrected chi connectivity index (χ4v) is 3.46. The van der Waals surface area contributed by atoms with Gasteiger partial charge in [-0.1, -0.05) is 11.6 Å². The molecule has 120 valence electrons. The monoisotopic (exact) mass is 338 g/mol. The van der Waals surface area contributed by atoms with E-state index < -0.39 is 0 Å². The fourth-order valence-electron chi connectivity index (χ4n) is 3.25. The molecule has 4 aromatic heterocycles. The maximum atomic E-state index is 6.22. The van der Waals surface area contributed by atoms with Gasteiger partial charge in [-0.15, -0.1) is 0 Å². The molecule has 1 saturated carbocycles. The van der Waals surface area contributed by atoms with Crippen molar-refractivity contribution in [1.82, 2.24) is 29.0 Å². The minimum Gasteiger partial charge on any atom is -0.306 e.